The topological polar surface area (TPSA) is 44.7 Å². The molecule has 1 fully saturated rings. The van der Waals surface area contributed by atoms with E-state index in [9.17, 15) is 4.79 Å². The van der Waals surface area contributed by atoms with Gasteiger partial charge in [0.25, 0.3) is 0 Å². The van der Waals surface area contributed by atoms with Crippen molar-refractivity contribution in [3.63, 3.8) is 0 Å². The van der Waals surface area contributed by atoms with Crippen LogP contribution in [0.3, 0.4) is 0 Å². The van der Waals surface area contributed by atoms with Gasteiger partial charge in [-0.3, -0.25) is 9.79 Å². The van der Waals surface area contributed by atoms with Crippen molar-refractivity contribution in [2.75, 3.05) is 26.2 Å². The second kappa shape index (κ2) is 29.8. The number of unbranched alkanes of at least 4 members (excludes halogenated alkanes) is 16. The highest BCUT2D eigenvalue weighted by molar-refractivity contribution is 5.83. The zero-order valence-electron chi connectivity index (χ0n) is 29.5. The Morgan fingerprint density at radius 2 is 1.42 bits per heavy atom. The molecule has 0 saturated heterocycles. The van der Waals surface area contributed by atoms with Crippen molar-refractivity contribution < 1.29 is 4.79 Å². The fraction of sp³-hybridized carbons (Fsp3) is 0.854. The van der Waals surface area contributed by atoms with Crippen LogP contribution in [0, 0.1) is 5.92 Å². The molecule has 0 aromatic rings. The van der Waals surface area contributed by atoms with Crippen LogP contribution in [0.1, 0.15) is 195 Å². The Hall–Kier alpha value is -1.58. The molecule has 2 rings (SSSR count). The van der Waals surface area contributed by atoms with E-state index in [4.69, 9.17) is 4.99 Å². The average Bonchev–Trinajstić information content (AvgIpc) is 3.46. The lowest BCUT2D eigenvalue weighted by Gasteiger charge is -2.20. The third-order valence-electron chi connectivity index (χ3n) is 9.90. The third-order valence-corrected chi connectivity index (χ3v) is 9.90. The molecule has 4 heteroatoms. The third kappa shape index (κ3) is 22.6. The van der Waals surface area contributed by atoms with Crippen LogP contribution in [-0.2, 0) is 4.79 Å². The first kappa shape index (κ1) is 41.4. The van der Waals surface area contributed by atoms with Crippen LogP contribution >= 0.6 is 0 Å². The number of amidine groups is 1. The molecule has 0 radical (unpaired) electrons. The lowest BCUT2D eigenvalue weighted by atomic mass is 9.87. The van der Waals surface area contributed by atoms with Gasteiger partial charge in [0, 0.05) is 32.5 Å². The van der Waals surface area contributed by atoms with E-state index >= 15 is 0 Å². The highest BCUT2D eigenvalue weighted by Gasteiger charge is 2.16. The summed E-state index contributed by atoms with van der Waals surface area (Å²) in [5.41, 5.74) is 1.73. The maximum Gasteiger partial charge on any atom is 0.220 e. The molecule has 1 amide bonds. The number of amides is 1. The number of carbonyl (C=O) groups excluding carboxylic acids is 1. The van der Waals surface area contributed by atoms with Crippen molar-refractivity contribution in [3.05, 3.63) is 23.8 Å². The van der Waals surface area contributed by atoms with Gasteiger partial charge in [0.2, 0.25) is 5.91 Å². The molecule has 0 aromatic heterocycles. The molecular formula is C41H77N3O. The zero-order valence-corrected chi connectivity index (χ0v) is 29.5. The van der Waals surface area contributed by atoms with Crippen LogP contribution in [-0.4, -0.2) is 42.8 Å². The van der Waals surface area contributed by atoms with Gasteiger partial charge in [-0.2, -0.15) is 0 Å². The first-order valence-corrected chi connectivity index (χ1v) is 19.6. The largest absolute Gasteiger partial charge is 0.357 e. The minimum absolute atomic E-state index is 0. The number of nitrogens with zero attached hydrogens (tertiary/aromatic N) is 2. The Balaban J connectivity index is 0.0000101. The zero-order chi connectivity index (χ0) is 31.3. The van der Waals surface area contributed by atoms with Crippen LogP contribution in [0.15, 0.2) is 28.8 Å². The van der Waals surface area contributed by atoms with Gasteiger partial charge < -0.3 is 10.2 Å². The fourth-order valence-corrected chi connectivity index (χ4v) is 6.90. The molecule has 1 heterocycles. The van der Waals surface area contributed by atoms with E-state index in [1.165, 1.54) is 160 Å². The Morgan fingerprint density at radius 1 is 0.800 bits per heavy atom. The molecule has 262 valence electrons. The summed E-state index contributed by atoms with van der Waals surface area (Å²) in [6, 6.07) is 0. The van der Waals surface area contributed by atoms with E-state index < -0.39 is 0 Å². The Bertz CT molecular complexity index is 786. The highest BCUT2D eigenvalue weighted by Crippen LogP contribution is 2.27. The summed E-state index contributed by atoms with van der Waals surface area (Å²) in [7, 11) is 0. The van der Waals surface area contributed by atoms with Crippen molar-refractivity contribution in [1.29, 1.82) is 0 Å². The molecule has 4 nitrogen and oxygen atoms in total. The van der Waals surface area contributed by atoms with E-state index in [1.807, 2.05) is 0 Å². The summed E-state index contributed by atoms with van der Waals surface area (Å²) in [5, 5.41) is 3.16. The van der Waals surface area contributed by atoms with Crippen molar-refractivity contribution in [3.8, 4) is 0 Å². The Morgan fingerprint density at radius 3 is 2.16 bits per heavy atom. The van der Waals surface area contributed by atoms with Gasteiger partial charge >= 0.3 is 0 Å². The molecule has 45 heavy (non-hydrogen) atoms. The molecule has 1 aliphatic carbocycles. The summed E-state index contributed by atoms with van der Waals surface area (Å²) in [6.45, 7) is 8.31. The van der Waals surface area contributed by atoms with Crippen LogP contribution in [0.4, 0.5) is 0 Å². The summed E-state index contributed by atoms with van der Waals surface area (Å²) >= 11 is 0. The molecular weight excluding hydrogens is 550 g/mol. The number of hydrogen-bond acceptors (Lipinski definition) is 3. The van der Waals surface area contributed by atoms with Gasteiger partial charge in [0.15, 0.2) is 0 Å². The minimum atomic E-state index is 0. The summed E-state index contributed by atoms with van der Waals surface area (Å²) in [5.74, 6) is 2.30. The standard InChI is InChI=1S/C40H73N3O.CH4/c1-3-4-5-6-7-8-9-10-11-12-13-14-15-19-26-31-39-41-33-35-43(39)36-34-42-40(44)32-27-20-17-16-18-24-29-38-30-25-22-21-23-28-37(38)2;/h10-11,29,37H,3-9,12-28,30-36H2,1-2H3,(H,42,44);1H4/b11-10-,38-29+;. The molecule has 0 bridgehead atoms. The normalized spacial score (nSPS) is 18.2. The monoisotopic (exact) mass is 628 g/mol. The molecule has 2 aliphatic rings. The predicted molar refractivity (Wildman–Crippen MR) is 200 cm³/mol. The van der Waals surface area contributed by atoms with Crippen molar-refractivity contribution >= 4 is 11.7 Å². The number of nitrogens with one attached hydrogen (secondary N) is 1. The van der Waals surface area contributed by atoms with Crippen LogP contribution < -0.4 is 5.32 Å². The maximum atomic E-state index is 12.3. The van der Waals surface area contributed by atoms with E-state index in [2.05, 4.69) is 42.3 Å². The fourth-order valence-electron chi connectivity index (χ4n) is 6.90. The molecule has 0 spiro atoms. The SMILES string of the molecule is C.CCCCCCCC/C=C\CCCCCCCC1=NCCN1CCNC(=O)CCCCCCC/C=C1\CCCCCCC1C. The quantitative estimate of drug-likeness (QED) is 0.0766. The average molecular weight is 628 g/mol. The summed E-state index contributed by atoms with van der Waals surface area (Å²) in [4.78, 5) is 19.5. The molecule has 1 N–H and O–H groups in total. The van der Waals surface area contributed by atoms with Gasteiger partial charge in [0.1, 0.15) is 0 Å². The van der Waals surface area contributed by atoms with Gasteiger partial charge in [-0.05, 0) is 76.5 Å². The first-order valence-electron chi connectivity index (χ1n) is 19.6. The number of allylic oxidation sites excluding steroid dienone is 4. The van der Waals surface area contributed by atoms with Crippen molar-refractivity contribution in [2.45, 2.75) is 195 Å². The molecule has 0 aromatic carbocycles. The molecule has 1 atom stereocenters. The first-order chi connectivity index (χ1) is 21.7. The maximum absolute atomic E-state index is 12.3. The lowest BCUT2D eigenvalue weighted by molar-refractivity contribution is -0.121. The number of aliphatic imine (C=N–C) groups is 1. The number of rotatable bonds is 26. The second-order valence-corrected chi connectivity index (χ2v) is 13.9. The lowest BCUT2D eigenvalue weighted by Crippen LogP contribution is -2.36. The smallest absolute Gasteiger partial charge is 0.220 e. The van der Waals surface area contributed by atoms with Crippen molar-refractivity contribution in [1.82, 2.24) is 10.2 Å². The van der Waals surface area contributed by atoms with E-state index in [0.717, 1.165) is 44.9 Å². The second-order valence-electron chi connectivity index (χ2n) is 13.9. The van der Waals surface area contributed by atoms with E-state index in [0.29, 0.717) is 6.42 Å². The van der Waals surface area contributed by atoms with Crippen LogP contribution in [0.5, 0.6) is 0 Å². The summed E-state index contributed by atoms with van der Waals surface area (Å²) in [6.07, 6.45) is 42.3. The molecule has 1 saturated carbocycles. The van der Waals surface area contributed by atoms with E-state index in [-0.39, 0.29) is 13.3 Å². The van der Waals surface area contributed by atoms with Crippen LogP contribution in [0.25, 0.3) is 0 Å². The van der Waals surface area contributed by atoms with Gasteiger partial charge in [0.05, 0.1) is 12.4 Å². The predicted octanol–water partition coefficient (Wildman–Crippen LogP) is 12.1. The van der Waals surface area contributed by atoms with Gasteiger partial charge in [-0.1, -0.05) is 135 Å². The van der Waals surface area contributed by atoms with Crippen LogP contribution in [0.2, 0.25) is 0 Å². The molecule has 1 aliphatic heterocycles. The Labute approximate surface area is 281 Å². The number of carbonyl (C=O) groups is 1. The van der Waals surface area contributed by atoms with Crippen molar-refractivity contribution in [2.24, 2.45) is 10.9 Å². The molecule has 1 unspecified atom stereocenters. The van der Waals surface area contributed by atoms with Gasteiger partial charge in [-0.15, -0.1) is 0 Å². The highest BCUT2D eigenvalue weighted by atomic mass is 16.1. The minimum Gasteiger partial charge on any atom is -0.357 e. The summed E-state index contributed by atoms with van der Waals surface area (Å²) < 4.78 is 0. The Kier molecular flexibility index (Phi) is 27.4. The van der Waals surface area contributed by atoms with E-state index in [1.54, 1.807) is 5.57 Å². The van der Waals surface area contributed by atoms with Gasteiger partial charge in [-0.25, -0.2) is 0 Å². The number of hydrogen-bond donors (Lipinski definition) is 1.